The van der Waals surface area contributed by atoms with E-state index < -0.39 is 5.60 Å². The number of rotatable bonds is 6. The van der Waals surface area contributed by atoms with Crippen molar-refractivity contribution in [1.82, 2.24) is 0 Å². The number of benzene rings is 1. The molecular formula is C15H22O3. The van der Waals surface area contributed by atoms with E-state index in [9.17, 15) is 9.90 Å². The van der Waals surface area contributed by atoms with Crippen LogP contribution in [0.15, 0.2) is 24.3 Å². The number of ether oxygens (including phenoxy) is 1. The Morgan fingerprint density at radius 3 is 2.33 bits per heavy atom. The van der Waals surface area contributed by atoms with E-state index in [1.54, 1.807) is 13.8 Å². The molecule has 1 unspecified atom stereocenters. The summed E-state index contributed by atoms with van der Waals surface area (Å²) in [5, 5.41) is 10.1. The number of hydrogen-bond acceptors (Lipinski definition) is 3. The zero-order valence-corrected chi connectivity index (χ0v) is 11.6. The van der Waals surface area contributed by atoms with Crippen LogP contribution in [0.2, 0.25) is 0 Å². The second-order valence-electron chi connectivity index (χ2n) is 5.32. The first-order valence-corrected chi connectivity index (χ1v) is 6.25. The van der Waals surface area contributed by atoms with Crippen molar-refractivity contribution in [2.45, 2.75) is 39.7 Å². The summed E-state index contributed by atoms with van der Waals surface area (Å²) in [5.74, 6) is 0.990. The van der Waals surface area contributed by atoms with Gasteiger partial charge in [0.2, 0.25) is 0 Å². The van der Waals surface area contributed by atoms with Crippen LogP contribution in [0.3, 0.4) is 0 Å². The first-order valence-electron chi connectivity index (χ1n) is 6.25. The molecule has 0 saturated carbocycles. The van der Waals surface area contributed by atoms with E-state index in [0.717, 1.165) is 5.56 Å². The summed E-state index contributed by atoms with van der Waals surface area (Å²) >= 11 is 0. The molecule has 0 spiro atoms. The maximum atomic E-state index is 11.0. The molecule has 0 aromatic heterocycles. The van der Waals surface area contributed by atoms with Gasteiger partial charge in [-0.15, -0.1) is 0 Å². The third-order valence-corrected chi connectivity index (χ3v) is 3.15. The van der Waals surface area contributed by atoms with Crippen molar-refractivity contribution >= 4 is 5.78 Å². The van der Waals surface area contributed by atoms with E-state index in [1.807, 2.05) is 38.1 Å². The van der Waals surface area contributed by atoms with Crippen LogP contribution in [0.4, 0.5) is 0 Å². The van der Waals surface area contributed by atoms with Crippen molar-refractivity contribution in [3.05, 3.63) is 29.8 Å². The van der Waals surface area contributed by atoms with Crippen LogP contribution < -0.4 is 4.74 Å². The van der Waals surface area contributed by atoms with Crippen molar-refractivity contribution in [2.24, 2.45) is 5.92 Å². The fourth-order valence-corrected chi connectivity index (χ4v) is 1.39. The van der Waals surface area contributed by atoms with E-state index >= 15 is 0 Å². The Labute approximate surface area is 109 Å². The van der Waals surface area contributed by atoms with Gasteiger partial charge < -0.3 is 9.84 Å². The van der Waals surface area contributed by atoms with E-state index in [0.29, 0.717) is 12.2 Å². The van der Waals surface area contributed by atoms with Crippen LogP contribution in [0.5, 0.6) is 5.75 Å². The summed E-state index contributed by atoms with van der Waals surface area (Å²) in [6, 6.07) is 7.41. The average Bonchev–Trinajstić information content (AvgIpc) is 2.27. The van der Waals surface area contributed by atoms with Crippen LogP contribution in [-0.4, -0.2) is 23.1 Å². The molecule has 0 saturated heterocycles. The maximum absolute atomic E-state index is 11.0. The van der Waals surface area contributed by atoms with E-state index in [4.69, 9.17) is 4.74 Å². The van der Waals surface area contributed by atoms with Gasteiger partial charge in [0.15, 0.2) is 0 Å². The summed E-state index contributed by atoms with van der Waals surface area (Å²) in [7, 11) is 0. The second-order valence-corrected chi connectivity index (χ2v) is 5.32. The smallest absolute Gasteiger partial charge is 0.134 e. The number of ketones is 1. The molecule has 3 nitrogen and oxygen atoms in total. The lowest BCUT2D eigenvalue weighted by Crippen LogP contribution is -2.37. The molecule has 1 aromatic rings. The van der Waals surface area contributed by atoms with Gasteiger partial charge in [0.05, 0.1) is 5.60 Å². The van der Waals surface area contributed by atoms with Crippen LogP contribution >= 0.6 is 0 Å². The Morgan fingerprint density at radius 1 is 1.33 bits per heavy atom. The molecule has 0 amide bonds. The molecule has 0 bridgehead atoms. The zero-order chi connectivity index (χ0) is 13.8. The van der Waals surface area contributed by atoms with Gasteiger partial charge in [0.1, 0.15) is 18.1 Å². The number of aliphatic hydroxyl groups is 1. The molecular weight excluding hydrogens is 228 g/mol. The van der Waals surface area contributed by atoms with Gasteiger partial charge in [0.25, 0.3) is 0 Å². The summed E-state index contributed by atoms with van der Waals surface area (Å²) in [4.78, 5) is 11.0. The van der Waals surface area contributed by atoms with Crippen molar-refractivity contribution < 1.29 is 14.6 Å². The Hall–Kier alpha value is -1.35. The van der Waals surface area contributed by atoms with E-state index in [2.05, 4.69) is 0 Å². The molecule has 1 rings (SSSR count). The van der Waals surface area contributed by atoms with Crippen molar-refractivity contribution in [3.8, 4) is 5.75 Å². The minimum Gasteiger partial charge on any atom is -0.491 e. The fourth-order valence-electron chi connectivity index (χ4n) is 1.39. The fraction of sp³-hybridized carbons (Fsp3) is 0.533. The van der Waals surface area contributed by atoms with E-state index in [1.165, 1.54) is 0 Å². The minimum atomic E-state index is -0.835. The molecule has 18 heavy (non-hydrogen) atoms. The summed E-state index contributed by atoms with van der Waals surface area (Å²) in [6.07, 6.45) is 0.448. The highest BCUT2D eigenvalue weighted by molar-refractivity contribution is 5.78. The third kappa shape index (κ3) is 4.49. The molecule has 0 aliphatic carbocycles. The van der Waals surface area contributed by atoms with Crippen LogP contribution in [-0.2, 0) is 11.2 Å². The first-order chi connectivity index (χ1) is 8.31. The van der Waals surface area contributed by atoms with Crippen LogP contribution in [0.25, 0.3) is 0 Å². The first kappa shape index (κ1) is 14.7. The van der Waals surface area contributed by atoms with Gasteiger partial charge >= 0.3 is 0 Å². The van der Waals surface area contributed by atoms with Crippen molar-refractivity contribution in [3.63, 3.8) is 0 Å². The standard InChI is InChI=1S/C15H22O3/c1-11(2)15(4,17)10-18-14-7-5-13(6-8-14)9-12(3)16/h5-8,11,17H,9-10H2,1-4H3. The molecule has 1 N–H and O–H groups in total. The molecule has 100 valence electrons. The van der Waals surface area contributed by atoms with Gasteiger partial charge in [-0.25, -0.2) is 0 Å². The molecule has 0 aliphatic rings. The monoisotopic (exact) mass is 250 g/mol. The third-order valence-electron chi connectivity index (χ3n) is 3.15. The molecule has 3 heteroatoms. The molecule has 0 aliphatic heterocycles. The van der Waals surface area contributed by atoms with Crippen molar-refractivity contribution in [2.75, 3.05) is 6.61 Å². The largest absolute Gasteiger partial charge is 0.491 e. The minimum absolute atomic E-state index is 0.134. The summed E-state index contributed by atoms with van der Waals surface area (Å²) in [5.41, 5.74) is 0.142. The lowest BCUT2D eigenvalue weighted by Gasteiger charge is -2.27. The SMILES string of the molecule is CC(=O)Cc1ccc(OCC(C)(O)C(C)C)cc1. The normalized spacial score (nSPS) is 14.3. The molecule has 0 radical (unpaired) electrons. The topological polar surface area (TPSA) is 46.5 Å². The van der Waals surface area contributed by atoms with Crippen LogP contribution in [0.1, 0.15) is 33.3 Å². The van der Waals surface area contributed by atoms with Gasteiger partial charge in [-0.1, -0.05) is 26.0 Å². The Kier molecular flexibility index (Phi) is 4.91. The Bertz CT molecular complexity index is 391. The van der Waals surface area contributed by atoms with Gasteiger partial charge in [-0.3, -0.25) is 4.79 Å². The highest BCUT2D eigenvalue weighted by Crippen LogP contribution is 2.19. The molecule has 0 heterocycles. The lowest BCUT2D eigenvalue weighted by molar-refractivity contribution is -0.116. The number of carbonyl (C=O) groups excluding carboxylic acids is 1. The highest BCUT2D eigenvalue weighted by atomic mass is 16.5. The van der Waals surface area contributed by atoms with Gasteiger partial charge in [0, 0.05) is 6.42 Å². The van der Waals surface area contributed by atoms with Gasteiger partial charge in [-0.05, 0) is 37.5 Å². The van der Waals surface area contributed by atoms with Gasteiger partial charge in [-0.2, -0.15) is 0 Å². The number of Topliss-reactive ketones (excluding diaryl/α,β-unsaturated/α-hetero) is 1. The van der Waals surface area contributed by atoms with Crippen LogP contribution in [0, 0.1) is 5.92 Å². The Balaban J connectivity index is 2.56. The second kappa shape index (κ2) is 6.01. The molecule has 1 atom stereocenters. The number of hydrogen-bond donors (Lipinski definition) is 1. The zero-order valence-electron chi connectivity index (χ0n) is 11.6. The number of carbonyl (C=O) groups is 1. The highest BCUT2D eigenvalue weighted by Gasteiger charge is 2.25. The molecule has 0 fully saturated rings. The average molecular weight is 250 g/mol. The Morgan fingerprint density at radius 2 is 1.89 bits per heavy atom. The maximum Gasteiger partial charge on any atom is 0.134 e. The summed E-state index contributed by atoms with van der Waals surface area (Å²) < 4.78 is 5.56. The van der Waals surface area contributed by atoms with E-state index in [-0.39, 0.29) is 18.3 Å². The lowest BCUT2D eigenvalue weighted by atomic mass is 9.94. The predicted octanol–water partition coefficient (Wildman–Crippen LogP) is 2.60. The summed E-state index contributed by atoms with van der Waals surface area (Å²) in [6.45, 7) is 7.52. The predicted molar refractivity (Wildman–Crippen MR) is 71.8 cm³/mol. The van der Waals surface area contributed by atoms with Crippen molar-refractivity contribution in [1.29, 1.82) is 0 Å². The quantitative estimate of drug-likeness (QED) is 0.844. The molecule has 1 aromatic carbocycles.